The van der Waals surface area contributed by atoms with Crippen LogP contribution in [0.5, 0.6) is 0 Å². The lowest BCUT2D eigenvalue weighted by Gasteiger charge is -2.27. The third-order valence-corrected chi connectivity index (χ3v) is 4.21. The highest BCUT2D eigenvalue weighted by Gasteiger charge is 2.37. The molecule has 1 amide bonds. The van der Waals surface area contributed by atoms with Gasteiger partial charge < -0.3 is 5.32 Å². The first-order valence-electron chi connectivity index (χ1n) is 6.70. The first-order chi connectivity index (χ1) is 8.48. The molecule has 0 saturated heterocycles. The molecule has 1 unspecified atom stereocenters. The highest BCUT2D eigenvalue weighted by atomic mass is 79.9. The summed E-state index contributed by atoms with van der Waals surface area (Å²) in [5.74, 6) is -2.35. The standard InChI is InChI=1S/C13H22BrF2NO/c1-2-10(5-8-14)9-17-12(18)11-3-6-13(15,16)7-4-11/h10-11H,2-9H2,1H3,(H,17,18). The largest absolute Gasteiger partial charge is 0.356 e. The maximum Gasteiger partial charge on any atom is 0.248 e. The van der Waals surface area contributed by atoms with Crippen LogP contribution in [-0.2, 0) is 4.79 Å². The fourth-order valence-electron chi connectivity index (χ4n) is 2.30. The third kappa shape index (κ3) is 5.21. The molecular weight excluding hydrogens is 304 g/mol. The predicted molar refractivity (Wildman–Crippen MR) is 72.1 cm³/mol. The molecule has 106 valence electrons. The van der Waals surface area contributed by atoms with E-state index >= 15 is 0 Å². The second kappa shape index (κ2) is 7.41. The van der Waals surface area contributed by atoms with Crippen LogP contribution < -0.4 is 5.32 Å². The number of nitrogens with one attached hydrogen (secondary N) is 1. The fraction of sp³-hybridized carbons (Fsp3) is 0.923. The lowest BCUT2D eigenvalue weighted by Crippen LogP contribution is -2.38. The molecule has 0 radical (unpaired) electrons. The summed E-state index contributed by atoms with van der Waals surface area (Å²) in [6.45, 7) is 2.76. The Morgan fingerprint density at radius 3 is 2.56 bits per heavy atom. The number of amides is 1. The molecule has 0 spiro atoms. The van der Waals surface area contributed by atoms with Crippen LogP contribution in [-0.4, -0.2) is 23.7 Å². The summed E-state index contributed by atoms with van der Waals surface area (Å²) in [4.78, 5) is 11.9. The molecular formula is C13H22BrF2NO. The molecule has 1 rings (SSSR count). The molecule has 1 atom stereocenters. The molecule has 0 heterocycles. The predicted octanol–water partition coefficient (Wildman–Crippen LogP) is 3.74. The Hall–Kier alpha value is -0.190. The molecule has 1 saturated carbocycles. The van der Waals surface area contributed by atoms with Crippen molar-refractivity contribution in [3.05, 3.63) is 0 Å². The fourth-order valence-corrected chi connectivity index (χ4v) is 2.94. The zero-order valence-electron chi connectivity index (χ0n) is 10.9. The molecule has 1 aliphatic carbocycles. The molecule has 5 heteroatoms. The second-order valence-corrected chi connectivity index (χ2v) is 5.92. The van der Waals surface area contributed by atoms with Gasteiger partial charge in [-0.05, 0) is 25.2 Å². The van der Waals surface area contributed by atoms with Crippen LogP contribution in [0.3, 0.4) is 0 Å². The van der Waals surface area contributed by atoms with Gasteiger partial charge in [-0.15, -0.1) is 0 Å². The molecule has 0 aromatic rings. The number of rotatable bonds is 6. The first kappa shape index (κ1) is 15.9. The van der Waals surface area contributed by atoms with Gasteiger partial charge in [0.1, 0.15) is 0 Å². The summed E-state index contributed by atoms with van der Waals surface area (Å²) < 4.78 is 25.9. The van der Waals surface area contributed by atoms with Crippen LogP contribution in [0.15, 0.2) is 0 Å². The van der Waals surface area contributed by atoms with Crippen molar-refractivity contribution in [1.29, 1.82) is 0 Å². The van der Waals surface area contributed by atoms with Gasteiger partial charge in [0.2, 0.25) is 11.8 Å². The summed E-state index contributed by atoms with van der Waals surface area (Å²) in [5, 5.41) is 3.84. The van der Waals surface area contributed by atoms with Crippen molar-refractivity contribution in [3.63, 3.8) is 0 Å². The van der Waals surface area contributed by atoms with Crippen molar-refractivity contribution in [2.24, 2.45) is 11.8 Å². The molecule has 1 N–H and O–H groups in total. The van der Waals surface area contributed by atoms with Crippen LogP contribution in [0, 0.1) is 11.8 Å². The van der Waals surface area contributed by atoms with Crippen molar-refractivity contribution >= 4 is 21.8 Å². The van der Waals surface area contributed by atoms with Gasteiger partial charge in [0.15, 0.2) is 0 Å². The first-order valence-corrected chi connectivity index (χ1v) is 7.82. The van der Waals surface area contributed by atoms with E-state index in [0.29, 0.717) is 25.3 Å². The molecule has 0 aliphatic heterocycles. The van der Waals surface area contributed by atoms with Crippen LogP contribution in [0.1, 0.15) is 45.4 Å². The van der Waals surface area contributed by atoms with Crippen LogP contribution >= 0.6 is 15.9 Å². The van der Waals surface area contributed by atoms with E-state index in [0.717, 1.165) is 18.2 Å². The maximum absolute atomic E-state index is 13.0. The normalized spacial score (nSPS) is 21.6. The zero-order valence-corrected chi connectivity index (χ0v) is 12.4. The minimum absolute atomic E-state index is 0.0430. The lowest BCUT2D eigenvalue weighted by atomic mass is 9.86. The molecule has 0 aromatic carbocycles. The number of carbonyl (C=O) groups excluding carboxylic acids is 1. The smallest absolute Gasteiger partial charge is 0.248 e. The van der Waals surface area contributed by atoms with Crippen molar-refractivity contribution in [1.82, 2.24) is 5.32 Å². The number of carbonyl (C=O) groups is 1. The third-order valence-electron chi connectivity index (χ3n) is 3.75. The van der Waals surface area contributed by atoms with Gasteiger partial charge in [-0.1, -0.05) is 29.3 Å². The average molecular weight is 326 g/mol. The van der Waals surface area contributed by atoms with E-state index in [-0.39, 0.29) is 24.7 Å². The highest BCUT2D eigenvalue weighted by molar-refractivity contribution is 9.09. The quantitative estimate of drug-likeness (QED) is 0.740. The van der Waals surface area contributed by atoms with Gasteiger partial charge in [-0.3, -0.25) is 4.79 Å². The van der Waals surface area contributed by atoms with Crippen molar-refractivity contribution in [3.8, 4) is 0 Å². The van der Waals surface area contributed by atoms with Gasteiger partial charge in [0, 0.05) is 30.6 Å². The summed E-state index contributed by atoms with van der Waals surface area (Å²) >= 11 is 3.39. The second-order valence-electron chi connectivity index (χ2n) is 5.13. The minimum atomic E-state index is -2.56. The van der Waals surface area contributed by atoms with Crippen LogP contribution in [0.2, 0.25) is 0 Å². The Labute approximate surface area is 116 Å². The zero-order chi connectivity index (χ0) is 13.6. The molecule has 2 nitrogen and oxygen atoms in total. The molecule has 0 bridgehead atoms. The van der Waals surface area contributed by atoms with Crippen molar-refractivity contribution in [2.75, 3.05) is 11.9 Å². The lowest BCUT2D eigenvalue weighted by molar-refractivity contribution is -0.129. The summed E-state index contributed by atoms with van der Waals surface area (Å²) in [6, 6.07) is 0. The number of hydrogen-bond donors (Lipinski definition) is 1. The van der Waals surface area contributed by atoms with E-state index in [2.05, 4.69) is 28.2 Å². The Morgan fingerprint density at radius 1 is 1.44 bits per heavy atom. The van der Waals surface area contributed by atoms with E-state index in [1.807, 2.05) is 0 Å². The Balaban J connectivity index is 2.29. The van der Waals surface area contributed by atoms with Gasteiger partial charge in [0.05, 0.1) is 0 Å². The molecule has 1 aliphatic rings. The maximum atomic E-state index is 13.0. The number of alkyl halides is 3. The van der Waals surface area contributed by atoms with Crippen LogP contribution in [0.4, 0.5) is 8.78 Å². The summed E-state index contributed by atoms with van der Waals surface area (Å²) in [5.41, 5.74) is 0. The summed E-state index contributed by atoms with van der Waals surface area (Å²) in [6.07, 6.45) is 2.38. The molecule has 18 heavy (non-hydrogen) atoms. The Bertz CT molecular complexity index is 264. The topological polar surface area (TPSA) is 29.1 Å². The number of halogens is 3. The van der Waals surface area contributed by atoms with Crippen molar-refractivity contribution in [2.45, 2.75) is 51.4 Å². The molecule has 1 fully saturated rings. The summed E-state index contributed by atoms with van der Waals surface area (Å²) in [7, 11) is 0. The van der Waals surface area contributed by atoms with Crippen molar-refractivity contribution < 1.29 is 13.6 Å². The van der Waals surface area contributed by atoms with E-state index in [4.69, 9.17) is 0 Å². The Kier molecular flexibility index (Phi) is 6.53. The monoisotopic (exact) mass is 325 g/mol. The van der Waals surface area contributed by atoms with E-state index in [1.165, 1.54) is 0 Å². The SMILES string of the molecule is CCC(CCBr)CNC(=O)C1CCC(F)(F)CC1. The van der Waals surface area contributed by atoms with E-state index in [9.17, 15) is 13.6 Å². The van der Waals surface area contributed by atoms with Gasteiger partial charge >= 0.3 is 0 Å². The Morgan fingerprint density at radius 2 is 2.06 bits per heavy atom. The highest BCUT2D eigenvalue weighted by Crippen LogP contribution is 2.36. The van der Waals surface area contributed by atoms with E-state index < -0.39 is 5.92 Å². The van der Waals surface area contributed by atoms with Crippen LogP contribution in [0.25, 0.3) is 0 Å². The molecule has 0 aromatic heterocycles. The number of hydrogen-bond acceptors (Lipinski definition) is 1. The average Bonchev–Trinajstić information content (AvgIpc) is 2.34. The van der Waals surface area contributed by atoms with E-state index in [1.54, 1.807) is 0 Å². The van der Waals surface area contributed by atoms with Gasteiger partial charge in [-0.2, -0.15) is 0 Å². The minimum Gasteiger partial charge on any atom is -0.356 e. The van der Waals surface area contributed by atoms with Gasteiger partial charge in [0.25, 0.3) is 0 Å². The van der Waals surface area contributed by atoms with Gasteiger partial charge in [-0.25, -0.2) is 8.78 Å².